The Labute approximate surface area is 138 Å². The lowest BCUT2D eigenvalue weighted by Crippen LogP contribution is -2.01. The molecule has 2 heterocycles. The minimum absolute atomic E-state index is 0.253. The van der Waals surface area contributed by atoms with Crippen LogP contribution in [-0.4, -0.2) is 30.5 Å². The average Bonchev–Trinajstić information content (AvgIpc) is 3.14. The van der Waals surface area contributed by atoms with Gasteiger partial charge in [0, 0.05) is 23.4 Å². The zero-order valence-corrected chi connectivity index (χ0v) is 14.2. The summed E-state index contributed by atoms with van der Waals surface area (Å²) in [5, 5.41) is 2.42. The number of hydrogen-bond acceptors (Lipinski definition) is 5. The first-order chi connectivity index (χ1) is 10.9. The van der Waals surface area contributed by atoms with Crippen LogP contribution in [0.5, 0.6) is 0 Å². The molecule has 0 amide bonds. The van der Waals surface area contributed by atoms with E-state index in [0.29, 0.717) is 22.1 Å². The van der Waals surface area contributed by atoms with E-state index < -0.39 is 9.84 Å². The van der Waals surface area contributed by atoms with Crippen LogP contribution in [0.3, 0.4) is 0 Å². The number of carbonyl (C=O) groups is 1. The Bertz CT molecular complexity index is 984. The van der Waals surface area contributed by atoms with Crippen molar-refractivity contribution in [1.82, 2.24) is 9.55 Å². The van der Waals surface area contributed by atoms with E-state index in [0.717, 1.165) is 11.8 Å². The van der Waals surface area contributed by atoms with Crippen LogP contribution in [0, 0.1) is 6.92 Å². The minimum Gasteiger partial charge on any atom is -0.296 e. The van der Waals surface area contributed by atoms with Crippen LogP contribution in [0.4, 0.5) is 0 Å². The van der Waals surface area contributed by atoms with E-state index >= 15 is 0 Å². The van der Waals surface area contributed by atoms with Crippen molar-refractivity contribution in [3.63, 3.8) is 0 Å². The third-order valence-corrected chi connectivity index (χ3v) is 5.40. The molecule has 3 aromatic rings. The Hall–Kier alpha value is -2.25. The van der Waals surface area contributed by atoms with Gasteiger partial charge in [0.05, 0.1) is 16.3 Å². The van der Waals surface area contributed by atoms with Gasteiger partial charge >= 0.3 is 0 Å². The van der Waals surface area contributed by atoms with Crippen molar-refractivity contribution in [3.8, 4) is 16.4 Å². The standard InChI is InChI=1S/C16H14N2O3S2/c1-11-5-6-15(23(2,20)21)13(8-11)14-10-22-16(17-14)18-7-3-4-12(18)9-19/h3-10H,1-2H3. The summed E-state index contributed by atoms with van der Waals surface area (Å²) in [6.07, 6.45) is 3.70. The maximum absolute atomic E-state index is 12.0. The molecule has 0 aliphatic carbocycles. The number of hydrogen-bond donors (Lipinski definition) is 0. The zero-order chi connectivity index (χ0) is 16.6. The highest BCUT2D eigenvalue weighted by molar-refractivity contribution is 7.90. The summed E-state index contributed by atoms with van der Waals surface area (Å²) in [6, 6.07) is 8.64. The predicted octanol–water partition coefficient (Wildman–Crippen LogP) is 3.13. The first kappa shape index (κ1) is 15.6. The van der Waals surface area contributed by atoms with Crippen LogP contribution in [0.25, 0.3) is 16.4 Å². The molecule has 0 saturated carbocycles. The fraction of sp³-hybridized carbons (Fsp3) is 0.125. The van der Waals surface area contributed by atoms with Gasteiger partial charge in [0.2, 0.25) is 0 Å². The van der Waals surface area contributed by atoms with Crippen LogP contribution < -0.4 is 0 Å². The Balaban J connectivity index is 2.15. The second-order valence-corrected chi connectivity index (χ2v) is 8.03. The molecule has 0 spiro atoms. The second-order valence-electron chi connectivity index (χ2n) is 5.21. The van der Waals surface area contributed by atoms with Gasteiger partial charge in [0.1, 0.15) is 0 Å². The third-order valence-electron chi connectivity index (χ3n) is 3.41. The topological polar surface area (TPSA) is 69.0 Å². The van der Waals surface area contributed by atoms with Crippen LogP contribution in [0.2, 0.25) is 0 Å². The van der Waals surface area contributed by atoms with Gasteiger partial charge in [-0.1, -0.05) is 11.6 Å². The maximum Gasteiger partial charge on any atom is 0.194 e. The highest BCUT2D eigenvalue weighted by atomic mass is 32.2. The summed E-state index contributed by atoms with van der Waals surface area (Å²) in [5.41, 5.74) is 2.62. The van der Waals surface area contributed by atoms with Crippen molar-refractivity contribution in [2.24, 2.45) is 0 Å². The smallest absolute Gasteiger partial charge is 0.194 e. The van der Waals surface area contributed by atoms with Gasteiger partial charge in [-0.3, -0.25) is 9.36 Å². The fourth-order valence-electron chi connectivity index (χ4n) is 2.33. The lowest BCUT2D eigenvalue weighted by Gasteiger charge is -2.07. The molecule has 0 N–H and O–H groups in total. The Morgan fingerprint density at radius 3 is 2.74 bits per heavy atom. The molecular formula is C16H14N2O3S2. The van der Waals surface area contributed by atoms with Crippen molar-refractivity contribution in [1.29, 1.82) is 0 Å². The lowest BCUT2D eigenvalue weighted by atomic mass is 10.1. The molecule has 0 bridgehead atoms. The molecule has 3 rings (SSSR count). The third kappa shape index (κ3) is 2.97. The van der Waals surface area contributed by atoms with Crippen LogP contribution in [0.1, 0.15) is 16.1 Å². The van der Waals surface area contributed by atoms with Crippen molar-refractivity contribution in [2.75, 3.05) is 6.26 Å². The number of nitrogens with zero attached hydrogens (tertiary/aromatic N) is 2. The molecule has 0 radical (unpaired) electrons. The average molecular weight is 346 g/mol. The van der Waals surface area contributed by atoms with E-state index in [-0.39, 0.29) is 4.90 Å². The number of aromatic nitrogens is 2. The number of carbonyl (C=O) groups excluding carboxylic acids is 1. The summed E-state index contributed by atoms with van der Waals surface area (Å²) >= 11 is 1.35. The lowest BCUT2D eigenvalue weighted by molar-refractivity contribution is 0.111. The van der Waals surface area contributed by atoms with E-state index in [4.69, 9.17) is 0 Å². The van der Waals surface area contributed by atoms with Gasteiger partial charge in [-0.25, -0.2) is 13.4 Å². The molecule has 118 valence electrons. The SMILES string of the molecule is Cc1ccc(S(C)(=O)=O)c(-c2csc(-n3cccc3C=O)n2)c1. The highest BCUT2D eigenvalue weighted by Crippen LogP contribution is 2.31. The molecule has 0 aliphatic heterocycles. The van der Waals surface area contributed by atoms with Crippen LogP contribution in [0.15, 0.2) is 46.8 Å². The summed E-state index contributed by atoms with van der Waals surface area (Å²) in [4.78, 5) is 15.8. The molecule has 0 fully saturated rings. The quantitative estimate of drug-likeness (QED) is 0.681. The van der Waals surface area contributed by atoms with Crippen LogP contribution >= 0.6 is 11.3 Å². The van der Waals surface area contributed by atoms with Gasteiger partial charge in [-0.05, 0) is 31.2 Å². The number of benzene rings is 1. The van der Waals surface area contributed by atoms with E-state index in [2.05, 4.69) is 4.98 Å². The Morgan fingerprint density at radius 2 is 2.04 bits per heavy atom. The van der Waals surface area contributed by atoms with Crippen LogP contribution in [-0.2, 0) is 9.84 Å². The van der Waals surface area contributed by atoms with Crippen molar-refractivity contribution in [2.45, 2.75) is 11.8 Å². The summed E-state index contributed by atoms with van der Waals surface area (Å²) < 4.78 is 25.7. The van der Waals surface area contributed by atoms with Gasteiger partial charge in [0.15, 0.2) is 21.3 Å². The first-order valence-electron chi connectivity index (χ1n) is 6.79. The van der Waals surface area contributed by atoms with E-state index in [1.54, 1.807) is 40.4 Å². The monoisotopic (exact) mass is 346 g/mol. The predicted molar refractivity (Wildman–Crippen MR) is 90.1 cm³/mol. The molecule has 23 heavy (non-hydrogen) atoms. The molecule has 0 atom stereocenters. The van der Waals surface area contributed by atoms with Gasteiger partial charge in [-0.2, -0.15) is 0 Å². The van der Waals surface area contributed by atoms with E-state index in [1.165, 1.54) is 17.6 Å². The van der Waals surface area contributed by atoms with Gasteiger partial charge in [0.25, 0.3) is 0 Å². The fourth-order valence-corrected chi connectivity index (χ4v) is 4.04. The van der Waals surface area contributed by atoms with Gasteiger partial charge in [-0.15, -0.1) is 11.3 Å². The minimum atomic E-state index is -3.35. The second kappa shape index (κ2) is 5.75. The molecule has 7 heteroatoms. The number of thiazole rings is 1. The highest BCUT2D eigenvalue weighted by Gasteiger charge is 2.17. The molecule has 5 nitrogen and oxygen atoms in total. The molecule has 0 saturated heterocycles. The molecular weight excluding hydrogens is 332 g/mol. The summed E-state index contributed by atoms with van der Waals surface area (Å²) in [5.74, 6) is 0. The number of sulfone groups is 1. The Morgan fingerprint density at radius 1 is 1.26 bits per heavy atom. The van der Waals surface area contributed by atoms with E-state index in [9.17, 15) is 13.2 Å². The number of aryl methyl sites for hydroxylation is 1. The first-order valence-corrected chi connectivity index (χ1v) is 9.57. The summed E-state index contributed by atoms with van der Waals surface area (Å²) in [7, 11) is -3.35. The van der Waals surface area contributed by atoms with Crippen molar-refractivity contribution >= 4 is 27.5 Å². The largest absolute Gasteiger partial charge is 0.296 e. The van der Waals surface area contributed by atoms with E-state index in [1.807, 2.05) is 13.0 Å². The molecule has 1 aromatic carbocycles. The normalized spacial score (nSPS) is 11.6. The number of aldehydes is 1. The maximum atomic E-state index is 12.0. The molecule has 0 aliphatic rings. The summed E-state index contributed by atoms with van der Waals surface area (Å²) in [6.45, 7) is 1.90. The van der Waals surface area contributed by atoms with Crippen molar-refractivity contribution in [3.05, 3.63) is 53.2 Å². The molecule has 2 aromatic heterocycles. The Kier molecular flexibility index (Phi) is 3.91. The van der Waals surface area contributed by atoms with Gasteiger partial charge < -0.3 is 0 Å². The number of rotatable bonds is 4. The van der Waals surface area contributed by atoms with Crippen molar-refractivity contribution < 1.29 is 13.2 Å². The molecule has 0 unspecified atom stereocenters. The zero-order valence-electron chi connectivity index (χ0n) is 12.6.